The van der Waals surface area contributed by atoms with Crippen molar-refractivity contribution in [3.63, 3.8) is 0 Å². The molecule has 0 bridgehead atoms. The molecule has 26 heavy (non-hydrogen) atoms. The molecule has 0 saturated heterocycles. The van der Waals surface area contributed by atoms with Crippen LogP contribution in [0.2, 0.25) is 0 Å². The third-order valence-electron chi connectivity index (χ3n) is 4.65. The molecule has 4 rings (SSSR count). The standard InChI is InChI=1S/C19H21N3O4/c1-12-18(26-16-5-3-2-4-15(16)25-12)19(24)20-8-9-22-11-21-14(10-17(22)23)13-6-7-13/h2-5,10-13,18H,6-9H2,1H3,(H,20,24). The molecule has 1 aromatic carbocycles. The molecule has 1 N–H and O–H groups in total. The lowest BCUT2D eigenvalue weighted by atomic mass is 10.1. The van der Waals surface area contributed by atoms with Gasteiger partial charge in [-0.3, -0.25) is 14.2 Å². The first-order valence-corrected chi connectivity index (χ1v) is 8.88. The smallest absolute Gasteiger partial charge is 0.265 e. The van der Waals surface area contributed by atoms with Crippen LogP contribution < -0.4 is 20.3 Å². The fraction of sp³-hybridized carbons (Fsp3) is 0.421. The van der Waals surface area contributed by atoms with Crippen LogP contribution in [-0.2, 0) is 11.3 Å². The molecular formula is C19H21N3O4. The van der Waals surface area contributed by atoms with Gasteiger partial charge in [-0.2, -0.15) is 0 Å². The highest BCUT2D eigenvalue weighted by atomic mass is 16.6. The normalized spacial score (nSPS) is 21.3. The summed E-state index contributed by atoms with van der Waals surface area (Å²) in [6, 6.07) is 8.86. The first-order valence-electron chi connectivity index (χ1n) is 8.88. The van der Waals surface area contributed by atoms with Crippen molar-refractivity contribution in [3.05, 3.63) is 52.7 Å². The highest BCUT2D eigenvalue weighted by molar-refractivity contribution is 5.82. The van der Waals surface area contributed by atoms with Crippen molar-refractivity contribution in [2.75, 3.05) is 6.54 Å². The van der Waals surface area contributed by atoms with Crippen LogP contribution in [0.5, 0.6) is 11.5 Å². The van der Waals surface area contributed by atoms with Crippen LogP contribution in [0.4, 0.5) is 0 Å². The van der Waals surface area contributed by atoms with Crippen molar-refractivity contribution in [2.45, 2.75) is 44.4 Å². The second-order valence-electron chi connectivity index (χ2n) is 6.72. The molecule has 7 nitrogen and oxygen atoms in total. The predicted octanol–water partition coefficient (Wildman–Crippen LogP) is 1.47. The number of rotatable bonds is 5. The van der Waals surface area contributed by atoms with Crippen LogP contribution in [-0.4, -0.2) is 34.2 Å². The summed E-state index contributed by atoms with van der Waals surface area (Å²) in [5.74, 6) is 1.38. The van der Waals surface area contributed by atoms with Crippen LogP contribution in [0, 0.1) is 0 Å². The molecule has 1 saturated carbocycles. The van der Waals surface area contributed by atoms with Crippen molar-refractivity contribution in [1.29, 1.82) is 0 Å². The molecule has 2 aliphatic rings. The molecule has 2 atom stereocenters. The largest absolute Gasteiger partial charge is 0.482 e. The highest BCUT2D eigenvalue weighted by Crippen LogP contribution is 2.38. The van der Waals surface area contributed by atoms with E-state index in [2.05, 4.69) is 10.3 Å². The number of ether oxygens (including phenoxy) is 2. The van der Waals surface area contributed by atoms with Crippen LogP contribution >= 0.6 is 0 Å². The van der Waals surface area contributed by atoms with Crippen LogP contribution in [0.15, 0.2) is 41.5 Å². The number of carbonyl (C=O) groups excluding carboxylic acids is 1. The van der Waals surface area contributed by atoms with Crippen LogP contribution in [0.1, 0.15) is 31.4 Å². The zero-order chi connectivity index (χ0) is 18.1. The van der Waals surface area contributed by atoms with Crippen molar-refractivity contribution in [3.8, 4) is 11.5 Å². The highest BCUT2D eigenvalue weighted by Gasteiger charge is 2.33. The summed E-state index contributed by atoms with van der Waals surface area (Å²) in [6.45, 7) is 2.48. The monoisotopic (exact) mass is 355 g/mol. The van der Waals surface area contributed by atoms with Gasteiger partial charge in [-0.05, 0) is 31.9 Å². The number of hydrogen-bond acceptors (Lipinski definition) is 5. The lowest BCUT2D eigenvalue weighted by Gasteiger charge is -2.31. The summed E-state index contributed by atoms with van der Waals surface area (Å²) in [5, 5.41) is 2.81. The number of amides is 1. The second-order valence-corrected chi connectivity index (χ2v) is 6.72. The molecule has 1 aliphatic carbocycles. The maximum Gasteiger partial charge on any atom is 0.265 e. The number of para-hydroxylation sites is 2. The molecule has 2 aromatic rings. The van der Waals surface area contributed by atoms with Crippen LogP contribution in [0.3, 0.4) is 0 Å². The van der Waals surface area contributed by atoms with Gasteiger partial charge < -0.3 is 14.8 Å². The van der Waals surface area contributed by atoms with Gasteiger partial charge in [0, 0.05) is 25.1 Å². The fourth-order valence-corrected chi connectivity index (χ4v) is 3.02. The molecule has 2 heterocycles. The van der Waals surface area contributed by atoms with E-state index in [4.69, 9.17) is 9.47 Å². The number of fused-ring (bicyclic) bond motifs is 1. The molecule has 1 aliphatic heterocycles. The van der Waals surface area contributed by atoms with E-state index in [-0.39, 0.29) is 11.5 Å². The molecular weight excluding hydrogens is 334 g/mol. The van der Waals surface area contributed by atoms with E-state index in [1.54, 1.807) is 25.4 Å². The number of hydrogen-bond donors (Lipinski definition) is 1. The number of carbonyl (C=O) groups is 1. The van der Waals surface area contributed by atoms with E-state index in [1.165, 1.54) is 4.57 Å². The Kier molecular flexibility index (Phi) is 4.36. The molecule has 136 valence electrons. The van der Waals surface area contributed by atoms with E-state index in [0.29, 0.717) is 30.5 Å². The Hall–Kier alpha value is -2.83. The summed E-state index contributed by atoms with van der Waals surface area (Å²) in [4.78, 5) is 28.9. The Bertz CT molecular complexity index is 875. The summed E-state index contributed by atoms with van der Waals surface area (Å²) in [5.41, 5.74) is 0.784. The third-order valence-corrected chi connectivity index (χ3v) is 4.65. The Morgan fingerprint density at radius 1 is 1.27 bits per heavy atom. The number of aromatic nitrogens is 2. The third kappa shape index (κ3) is 3.42. The number of nitrogens with zero attached hydrogens (tertiary/aromatic N) is 2. The summed E-state index contributed by atoms with van der Waals surface area (Å²) in [6.07, 6.45) is 2.65. The minimum Gasteiger partial charge on any atom is -0.482 e. The summed E-state index contributed by atoms with van der Waals surface area (Å²) < 4.78 is 13.0. The zero-order valence-corrected chi connectivity index (χ0v) is 14.6. The molecule has 7 heteroatoms. The molecule has 1 fully saturated rings. The number of nitrogens with one attached hydrogen (secondary N) is 1. The average molecular weight is 355 g/mol. The van der Waals surface area contributed by atoms with Gasteiger partial charge in [-0.25, -0.2) is 4.98 Å². The average Bonchev–Trinajstić information content (AvgIpc) is 3.47. The van der Waals surface area contributed by atoms with E-state index in [9.17, 15) is 9.59 Å². The van der Waals surface area contributed by atoms with Gasteiger partial charge >= 0.3 is 0 Å². The lowest BCUT2D eigenvalue weighted by molar-refractivity contribution is -0.133. The van der Waals surface area contributed by atoms with Crippen molar-refractivity contribution in [2.24, 2.45) is 0 Å². The Balaban J connectivity index is 1.33. The first kappa shape index (κ1) is 16.6. The Morgan fingerprint density at radius 2 is 2.00 bits per heavy atom. The molecule has 0 spiro atoms. The Morgan fingerprint density at radius 3 is 2.69 bits per heavy atom. The van der Waals surface area contributed by atoms with Crippen molar-refractivity contribution < 1.29 is 14.3 Å². The molecule has 1 amide bonds. The van der Waals surface area contributed by atoms with Gasteiger partial charge in [0.2, 0.25) is 6.10 Å². The molecule has 0 radical (unpaired) electrons. The SMILES string of the molecule is CC1Oc2ccccc2OC1C(=O)NCCn1cnc(C2CC2)cc1=O. The predicted molar refractivity (Wildman–Crippen MR) is 94.4 cm³/mol. The van der Waals surface area contributed by atoms with E-state index < -0.39 is 12.2 Å². The lowest BCUT2D eigenvalue weighted by Crippen LogP contribution is -2.49. The van der Waals surface area contributed by atoms with Gasteiger partial charge in [0.25, 0.3) is 11.5 Å². The van der Waals surface area contributed by atoms with Crippen molar-refractivity contribution >= 4 is 5.91 Å². The maximum atomic E-state index is 12.4. The second kappa shape index (κ2) is 6.82. The fourth-order valence-electron chi connectivity index (χ4n) is 3.02. The van der Waals surface area contributed by atoms with Gasteiger partial charge in [-0.15, -0.1) is 0 Å². The zero-order valence-electron chi connectivity index (χ0n) is 14.6. The number of benzene rings is 1. The minimum atomic E-state index is -0.725. The van der Waals surface area contributed by atoms with Gasteiger partial charge in [0.15, 0.2) is 11.5 Å². The minimum absolute atomic E-state index is 0.0873. The topological polar surface area (TPSA) is 82.4 Å². The Labute approximate surface area is 151 Å². The summed E-state index contributed by atoms with van der Waals surface area (Å²) in [7, 11) is 0. The quantitative estimate of drug-likeness (QED) is 0.878. The van der Waals surface area contributed by atoms with Gasteiger partial charge in [0.05, 0.1) is 12.0 Å². The van der Waals surface area contributed by atoms with E-state index in [1.807, 2.05) is 18.2 Å². The first-order chi connectivity index (χ1) is 12.6. The van der Waals surface area contributed by atoms with Crippen molar-refractivity contribution in [1.82, 2.24) is 14.9 Å². The van der Waals surface area contributed by atoms with Crippen LogP contribution in [0.25, 0.3) is 0 Å². The molecule has 2 unspecified atom stereocenters. The molecule has 1 aromatic heterocycles. The van der Waals surface area contributed by atoms with Gasteiger partial charge in [0.1, 0.15) is 6.10 Å². The van der Waals surface area contributed by atoms with E-state index in [0.717, 1.165) is 18.5 Å². The van der Waals surface area contributed by atoms with E-state index >= 15 is 0 Å². The maximum absolute atomic E-state index is 12.4. The van der Waals surface area contributed by atoms with Gasteiger partial charge in [-0.1, -0.05) is 12.1 Å². The summed E-state index contributed by atoms with van der Waals surface area (Å²) >= 11 is 0.